The Labute approximate surface area is 126 Å². The second-order valence-corrected chi connectivity index (χ2v) is 5.60. The number of benzene rings is 2. The molecular formula is C16H15BrN2O. The van der Waals surface area contributed by atoms with Crippen molar-refractivity contribution in [2.75, 3.05) is 12.8 Å². The van der Waals surface area contributed by atoms with Crippen LogP contribution in [0.1, 0.15) is 5.56 Å². The molecule has 0 atom stereocenters. The third-order valence-corrected chi connectivity index (χ3v) is 3.94. The third-order valence-electron chi connectivity index (χ3n) is 3.44. The molecule has 0 unspecified atom stereocenters. The molecule has 3 aromatic rings. The molecule has 0 aliphatic carbocycles. The maximum Gasteiger partial charge on any atom is 0.128 e. The lowest BCUT2D eigenvalue weighted by Gasteiger charge is -2.09. The highest BCUT2D eigenvalue weighted by atomic mass is 79.9. The van der Waals surface area contributed by atoms with Gasteiger partial charge in [-0.1, -0.05) is 28.1 Å². The Balaban J connectivity index is 2.03. The van der Waals surface area contributed by atoms with Crippen LogP contribution in [-0.4, -0.2) is 11.7 Å². The first kappa shape index (κ1) is 13.1. The monoisotopic (exact) mass is 330 g/mol. The summed E-state index contributed by atoms with van der Waals surface area (Å²) in [5.41, 5.74) is 9.12. The van der Waals surface area contributed by atoms with E-state index in [1.54, 1.807) is 7.11 Å². The number of nitrogens with zero attached hydrogens (tertiary/aromatic N) is 1. The highest BCUT2D eigenvalue weighted by Gasteiger charge is 2.07. The van der Waals surface area contributed by atoms with Gasteiger partial charge in [0, 0.05) is 28.3 Å². The summed E-state index contributed by atoms with van der Waals surface area (Å²) < 4.78 is 8.56. The molecule has 0 spiro atoms. The lowest BCUT2D eigenvalue weighted by atomic mass is 10.2. The van der Waals surface area contributed by atoms with Crippen molar-refractivity contribution in [2.45, 2.75) is 6.54 Å². The average molecular weight is 331 g/mol. The van der Waals surface area contributed by atoms with Gasteiger partial charge >= 0.3 is 0 Å². The van der Waals surface area contributed by atoms with Gasteiger partial charge in [0.15, 0.2) is 0 Å². The summed E-state index contributed by atoms with van der Waals surface area (Å²) in [5, 5.41) is 1.12. The van der Waals surface area contributed by atoms with E-state index in [0.717, 1.165) is 38.9 Å². The lowest BCUT2D eigenvalue weighted by Crippen LogP contribution is -2.01. The van der Waals surface area contributed by atoms with Crippen LogP contribution in [-0.2, 0) is 6.54 Å². The summed E-state index contributed by atoms with van der Waals surface area (Å²) in [6, 6.07) is 14.1. The Morgan fingerprint density at radius 1 is 1.20 bits per heavy atom. The molecule has 0 saturated heterocycles. The van der Waals surface area contributed by atoms with Crippen LogP contribution < -0.4 is 10.5 Å². The van der Waals surface area contributed by atoms with Crippen LogP contribution in [0.15, 0.2) is 53.1 Å². The Morgan fingerprint density at radius 3 is 2.80 bits per heavy atom. The standard InChI is InChI=1S/C16H15BrN2O/c1-20-16-4-2-3-15-13(16)7-8-19(15)10-11-5-6-12(17)9-14(11)18/h2-9H,10,18H2,1H3. The zero-order valence-corrected chi connectivity index (χ0v) is 12.7. The average Bonchev–Trinajstić information content (AvgIpc) is 2.85. The Bertz CT molecular complexity index is 764. The minimum absolute atomic E-state index is 0.746. The van der Waals surface area contributed by atoms with E-state index in [2.05, 4.69) is 38.8 Å². The van der Waals surface area contributed by atoms with Crippen molar-refractivity contribution in [1.82, 2.24) is 4.57 Å². The Morgan fingerprint density at radius 2 is 2.05 bits per heavy atom. The van der Waals surface area contributed by atoms with Gasteiger partial charge in [-0.2, -0.15) is 0 Å². The molecule has 4 heteroatoms. The topological polar surface area (TPSA) is 40.2 Å². The SMILES string of the molecule is COc1cccc2c1ccn2Cc1ccc(Br)cc1N. The molecule has 102 valence electrons. The Hall–Kier alpha value is -1.94. The molecule has 3 nitrogen and oxygen atoms in total. The molecule has 0 radical (unpaired) electrons. The fraction of sp³-hybridized carbons (Fsp3) is 0.125. The fourth-order valence-corrected chi connectivity index (χ4v) is 2.78. The summed E-state index contributed by atoms with van der Waals surface area (Å²) >= 11 is 3.43. The van der Waals surface area contributed by atoms with Gasteiger partial charge in [-0.25, -0.2) is 0 Å². The van der Waals surface area contributed by atoms with Crippen LogP contribution in [0.25, 0.3) is 10.9 Å². The fourth-order valence-electron chi connectivity index (χ4n) is 2.40. The maximum atomic E-state index is 6.07. The van der Waals surface area contributed by atoms with Crippen LogP contribution in [0.5, 0.6) is 5.75 Å². The van der Waals surface area contributed by atoms with Gasteiger partial charge in [0.2, 0.25) is 0 Å². The van der Waals surface area contributed by atoms with E-state index in [4.69, 9.17) is 10.5 Å². The predicted molar refractivity (Wildman–Crippen MR) is 86.1 cm³/mol. The van der Waals surface area contributed by atoms with E-state index >= 15 is 0 Å². The zero-order valence-electron chi connectivity index (χ0n) is 11.1. The first-order chi connectivity index (χ1) is 9.69. The van der Waals surface area contributed by atoms with E-state index in [1.165, 1.54) is 0 Å². The molecule has 2 N–H and O–H groups in total. The number of hydrogen-bond acceptors (Lipinski definition) is 2. The van der Waals surface area contributed by atoms with Gasteiger partial charge in [-0.3, -0.25) is 0 Å². The van der Waals surface area contributed by atoms with Gasteiger partial charge in [0.05, 0.1) is 12.6 Å². The number of fused-ring (bicyclic) bond motifs is 1. The van der Waals surface area contributed by atoms with Crippen molar-refractivity contribution < 1.29 is 4.74 Å². The molecule has 1 heterocycles. The molecule has 0 saturated carbocycles. The molecule has 1 aromatic heterocycles. The Kier molecular flexibility index (Phi) is 3.40. The molecule has 3 rings (SSSR count). The second kappa shape index (κ2) is 5.21. The normalized spacial score (nSPS) is 10.9. The summed E-state index contributed by atoms with van der Waals surface area (Å²) in [6.07, 6.45) is 2.06. The van der Waals surface area contributed by atoms with Gasteiger partial charge in [0.1, 0.15) is 5.75 Å². The van der Waals surface area contributed by atoms with Crippen LogP contribution >= 0.6 is 15.9 Å². The summed E-state index contributed by atoms with van der Waals surface area (Å²) in [7, 11) is 1.69. The smallest absolute Gasteiger partial charge is 0.128 e. The van der Waals surface area contributed by atoms with Gasteiger partial charge in [-0.05, 0) is 35.9 Å². The zero-order chi connectivity index (χ0) is 14.1. The van der Waals surface area contributed by atoms with Gasteiger partial charge < -0.3 is 15.0 Å². The van der Waals surface area contributed by atoms with E-state index in [1.807, 2.05) is 30.3 Å². The van der Waals surface area contributed by atoms with E-state index in [-0.39, 0.29) is 0 Å². The number of methoxy groups -OCH3 is 1. The second-order valence-electron chi connectivity index (χ2n) is 4.68. The number of aromatic nitrogens is 1. The number of halogens is 1. The summed E-state index contributed by atoms with van der Waals surface area (Å²) in [6.45, 7) is 0.746. The molecule has 0 aliphatic heterocycles. The van der Waals surface area contributed by atoms with E-state index in [0.29, 0.717) is 0 Å². The third kappa shape index (κ3) is 2.27. The summed E-state index contributed by atoms with van der Waals surface area (Å²) in [5.74, 6) is 0.894. The highest BCUT2D eigenvalue weighted by molar-refractivity contribution is 9.10. The number of anilines is 1. The quantitative estimate of drug-likeness (QED) is 0.736. The molecule has 0 aliphatic rings. The number of ether oxygens (including phenoxy) is 1. The van der Waals surface area contributed by atoms with Gasteiger partial charge in [0.25, 0.3) is 0 Å². The summed E-state index contributed by atoms with van der Waals surface area (Å²) in [4.78, 5) is 0. The van der Waals surface area contributed by atoms with Crippen LogP contribution in [0.3, 0.4) is 0 Å². The molecule has 0 amide bonds. The molecule has 2 aromatic carbocycles. The van der Waals surface area contributed by atoms with Crippen molar-refractivity contribution in [1.29, 1.82) is 0 Å². The first-order valence-corrected chi connectivity index (χ1v) is 7.14. The largest absolute Gasteiger partial charge is 0.496 e. The number of nitrogen functional groups attached to an aromatic ring is 1. The molecular weight excluding hydrogens is 316 g/mol. The van der Waals surface area contributed by atoms with Crippen molar-refractivity contribution in [3.63, 3.8) is 0 Å². The lowest BCUT2D eigenvalue weighted by molar-refractivity contribution is 0.420. The van der Waals surface area contributed by atoms with E-state index in [9.17, 15) is 0 Å². The molecule has 0 bridgehead atoms. The highest BCUT2D eigenvalue weighted by Crippen LogP contribution is 2.27. The van der Waals surface area contributed by atoms with Crippen LogP contribution in [0.2, 0.25) is 0 Å². The number of nitrogens with two attached hydrogens (primary N) is 1. The number of hydrogen-bond donors (Lipinski definition) is 1. The van der Waals surface area contributed by atoms with Crippen molar-refractivity contribution in [3.05, 3.63) is 58.7 Å². The van der Waals surface area contributed by atoms with Crippen molar-refractivity contribution >= 4 is 32.5 Å². The van der Waals surface area contributed by atoms with Gasteiger partial charge in [-0.15, -0.1) is 0 Å². The maximum absolute atomic E-state index is 6.07. The number of rotatable bonds is 3. The van der Waals surface area contributed by atoms with Crippen LogP contribution in [0, 0.1) is 0 Å². The minimum atomic E-state index is 0.746. The van der Waals surface area contributed by atoms with Crippen molar-refractivity contribution in [3.8, 4) is 5.75 Å². The molecule has 0 fully saturated rings. The van der Waals surface area contributed by atoms with E-state index < -0.39 is 0 Å². The van der Waals surface area contributed by atoms with Crippen molar-refractivity contribution in [2.24, 2.45) is 0 Å². The minimum Gasteiger partial charge on any atom is -0.496 e. The molecule has 20 heavy (non-hydrogen) atoms. The first-order valence-electron chi connectivity index (χ1n) is 6.35. The predicted octanol–water partition coefficient (Wildman–Crippen LogP) is 4.04. The van der Waals surface area contributed by atoms with Crippen LogP contribution in [0.4, 0.5) is 5.69 Å².